The van der Waals surface area contributed by atoms with Gasteiger partial charge < -0.3 is 25.1 Å². The van der Waals surface area contributed by atoms with Gasteiger partial charge in [0.25, 0.3) is 5.91 Å². The maximum absolute atomic E-state index is 13.5. The van der Waals surface area contributed by atoms with Gasteiger partial charge in [-0.15, -0.1) is 0 Å². The number of furan rings is 1. The Morgan fingerprint density at radius 1 is 1.11 bits per heavy atom. The van der Waals surface area contributed by atoms with E-state index in [2.05, 4.69) is 22.0 Å². The number of amides is 2. The van der Waals surface area contributed by atoms with Crippen LogP contribution in [0.25, 0.3) is 0 Å². The molecule has 2 amide bonds. The molecule has 3 N–H and O–H groups in total. The highest BCUT2D eigenvalue weighted by Gasteiger charge is 2.36. The Labute approximate surface area is 229 Å². The number of nitrogens with zero attached hydrogens (tertiary/aromatic N) is 1. The van der Waals surface area contributed by atoms with Crippen LogP contribution in [0.1, 0.15) is 25.5 Å². The van der Waals surface area contributed by atoms with E-state index < -0.39 is 5.92 Å². The second kappa shape index (κ2) is 12.4. The summed E-state index contributed by atoms with van der Waals surface area (Å²) < 4.78 is 11.1. The van der Waals surface area contributed by atoms with E-state index in [-0.39, 0.29) is 23.1 Å². The number of allylic oxidation sites excluding steroid dienone is 2. The van der Waals surface area contributed by atoms with Crippen LogP contribution in [0.4, 0.5) is 11.4 Å². The van der Waals surface area contributed by atoms with Crippen LogP contribution in [-0.4, -0.2) is 24.2 Å². The number of rotatable bonds is 9. The Kier molecular flexibility index (Phi) is 8.79. The van der Waals surface area contributed by atoms with E-state index in [0.717, 1.165) is 0 Å². The summed E-state index contributed by atoms with van der Waals surface area (Å²) in [5.41, 5.74) is 2.38. The standard InChI is InChI=1S/C28H25ClN4O4S/c1-3-36-21-12-10-20(11-13-21)33-27(35)25-17(2)31-28(22(15-30)26(25)23-5-4-14-37-23)38-16-24(34)32-19-8-6-18(29)7-9-19/h4-14,26,31H,3,16H2,1-2H3,(H,32,34)(H,33,35). The highest BCUT2D eigenvalue weighted by Crippen LogP contribution is 2.41. The summed E-state index contributed by atoms with van der Waals surface area (Å²) in [6.07, 6.45) is 1.50. The highest BCUT2D eigenvalue weighted by atomic mass is 35.5. The van der Waals surface area contributed by atoms with Gasteiger partial charge in [-0.3, -0.25) is 9.59 Å². The lowest BCUT2D eigenvalue weighted by Gasteiger charge is -2.28. The predicted octanol–water partition coefficient (Wildman–Crippen LogP) is 6.04. The SMILES string of the molecule is CCOc1ccc(NC(=O)C2=C(C)NC(SCC(=O)Nc3ccc(Cl)cc3)=C(C#N)C2c2ccco2)cc1. The van der Waals surface area contributed by atoms with Crippen LogP contribution >= 0.6 is 23.4 Å². The number of carbonyl (C=O) groups is 2. The number of halogens is 1. The molecule has 1 aliphatic rings. The number of dihydropyridines is 1. The summed E-state index contributed by atoms with van der Waals surface area (Å²) in [7, 11) is 0. The molecule has 2 aromatic carbocycles. The van der Waals surface area contributed by atoms with Crippen molar-refractivity contribution in [3.05, 3.63) is 99.6 Å². The Bertz CT molecular complexity index is 1410. The minimum atomic E-state index is -0.749. The molecule has 1 atom stereocenters. The maximum Gasteiger partial charge on any atom is 0.254 e. The Morgan fingerprint density at radius 2 is 1.79 bits per heavy atom. The summed E-state index contributed by atoms with van der Waals surface area (Å²) in [6.45, 7) is 4.20. The first kappa shape index (κ1) is 26.9. The van der Waals surface area contributed by atoms with Crippen LogP contribution in [-0.2, 0) is 9.59 Å². The molecule has 0 radical (unpaired) electrons. The molecule has 10 heteroatoms. The largest absolute Gasteiger partial charge is 0.494 e. The molecular formula is C28H25ClN4O4S. The second-order valence-corrected chi connectivity index (χ2v) is 9.64. The minimum Gasteiger partial charge on any atom is -0.494 e. The van der Waals surface area contributed by atoms with Crippen LogP contribution < -0.4 is 20.7 Å². The smallest absolute Gasteiger partial charge is 0.254 e. The van der Waals surface area contributed by atoms with Crippen molar-refractivity contribution < 1.29 is 18.7 Å². The normalized spacial score (nSPS) is 14.9. The van der Waals surface area contributed by atoms with Crippen LogP contribution in [0.15, 0.2) is 93.2 Å². The zero-order valence-electron chi connectivity index (χ0n) is 20.7. The number of nitriles is 1. The zero-order valence-corrected chi connectivity index (χ0v) is 22.3. The van der Waals surface area contributed by atoms with Crippen LogP contribution in [0.3, 0.4) is 0 Å². The third kappa shape index (κ3) is 6.40. The zero-order chi connectivity index (χ0) is 27.1. The molecule has 4 rings (SSSR count). The molecular weight excluding hydrogens is 524 g/mol. The number of hydrogen-bond donors (Lipinski definition) is 3. The summed E-state index contributed by atoms with van der Waals surface area (Å²) >= 11 is 7.08. The molecule has 8 nitrogen and oxygen atoms in total. The minimum absolute atomic E-state index is 0.0437. The maximum atomic E-state index is 13.5. The molecule has 1 aliphatic heterocycles. The van der Waals surface area contributed by atoms with E-state index in [1.165, 1.54) is 18.0 Å². The van der Waals surface area contributed by atoms with Gasteiger partial charge in [-0.05, 0) is 74.5 Å². The number of thioether (sulfide) groups is 1. The van der Waals surface area contributed by atoms with Crippen LogP contribution in [0, 0.1) is 11.3 Å². The Hall–Kier alpha value is -4.13. The fourth-order valence-corrected chi connectivity index (χ4v) is 4.95. The molecule has 0 spiro atoms. The van der Waals surface area contributed by atoms with E-state index >= 15 is 0 Å². The van der Waals surface area contributed by atoms with Gasteiger partial charge in [-0.25, -0.2) is 0 Å². The monoisotopic (exact) mass is 548 g/mol. The molecule has 0 fully saturated rings. The number of ether oxygens (including phenoxy) is 1. The van der Waals surface area contributed by atoms with Gasteiger partial charge in [-0.2, -0.15) is 5.26 Å². The summed E-state index contributed by atoms with van der Waals surface area (Å²) in [6, 6.07) is 19.5. The molecule has 1 unspecified atom stereocenters. The van der Waals surface area contributed by atoms with Gasteiger partial charge >= 0.3 is 0 Å². The lowest BCUT2D eigenvalue weighted by atomic mass is 9.85. The van der Waals surface area contributed by atoms with E-state index in [9.17, 15) is 14.9 Å². The third-order valence-electron chi connectivity index (χ3n) is 5.62. The van der Waals surface area contributed by atoms with Gasteiger partial charge in [0.1, 0.15) is 11.5 Å². The highest BCUT2D eigenvalue weighted by molar-refractivity contribution is 8.03. The number of nitrogens with one attached hydrogen (secondary N) is 3. The fraction of sp³-hybridized carbons (Fsp3) is 0.179. The number of carbonyl (C=O) groups excluding carboxylic acids is 2. The van der Waals surface area contributed by atoms with Crippen molar-refractivity contribution >= 4 is 46.6 Å². The lowest BCUT2D eigenvalue weighted by Crippen LogP contribution is -2.31. The third-order valence-corrected chi connectivity index (χ3v) is 6.89. The van der Waals surface area contributed by atoms with Crippen LogP contribution in [0.5, 0.6) is 5.75 Å². The van der Waals surface area contributed by atoms with Crippen molar-refractivity contribution in [3.63, 3.8) is 0 Å². The quantitative estimate of drug-likeness (QED) is 0.298. The van der Waals surface area contributed by atoms with Crippen molar-refractivity contribution in [2.75, 3.05) is 23.0 Å². The molecule has 38 heavy (non-hydrogen) atoms. The van der Waals surface area contributed by atoms with Gasteiger partial charge in [0.15, 0.2) is 0 Å². The molecule has 194 valence electrons. The van der Waals surface area contributed by atoms with Crippen molar-refractivity contribution in [1.29, 1.82) is 5.26 Å². The number of benzene rings is 2. The molecule has 2 heterocycles. The predicted molar refractivity (Wildman–Crippen MR) is 149 cm³/mol. The van der Waals surface area contributed by atoms with Gasteiger partial charge in [0.05, 0.1) is 46.8 Å². The second-order valence-electron chi connectivity index (χ2n) is 8.22. The van der Waals surface area contributed by atoms with Gasteiger partial charge in [-0.1, -0.05) is 23.4 Å². The Morgan fingerprint density at radius 3 is 2.42 bits per heavy atom. The molecule has 1 aromatic heterocycles. The summed E-state index contributed by atoms with van der Waals surface area (Å²) in [4.78, 5) is 26.0. The molecule has 0 saturated carbocycles. The molecule has 0 aliphatic carbocycles. The van der Waals surface area contributed by atoms with E-state index in [1.807, 2.05) is 6.92 Å². The van der Waals surface area contributed by atoms with E-state index in [4.69, 9.17) is 20.8 Å². The molecule has 0 saturated heterocycles. The van der Waals surface area contributed by atoms with Gasteiger partial charge in [0.2, 0.25) is 5.91 Å². The van der Waals surface area contributed by atoms with E-state index in [1.54, 1.807) is 67.6 Å². The first-order valence-electron chi connectivity index (χ1n) is 11.8. The Balaban J connectivity index is 1.55. The lowest BCUT2D eigenvalue weighted by molar-refractivity contribution is -0.114. The molecule has 0 bridgehead atoms. The number of hydrogen-bond acceptors (Lipinski definition) is 7. The van der Waals surface area contributed by atoms with Crippen molar-refractivity contribution in [1.82, 2.24) is 5.32 Å². The number of anilines is 2. The van der Waals surface area contributed by atoms with Crippen molar-refractivity contribution in [2.45, 2.75) is 19.8 Å². The topological polar surface area (TPSA) is 116 Å². The first-order chi connectivity index (χ1) is 18.4. The van der Waals surface area contributed by atoms with Gasteiger partial charge in [0, 0.05) is 22.1 Å². The van der Waals surface area contributed by atoms with Crippen molar-refractivity contribution in [3.8, 4) is 11.8 Å². The van der Waals surface area contributed by atoms with Crippen molar-refractivity contribution in [2.24, 2.45) is 0 Å². The summed E-state index contributed by atoms with van der Waals surface area (Å²) in [5.74, 6) is -0.187. The molecule has 3 aromatic rings. The van der Waals surface area contributed by atoms with E-state index in [0.29, 0.717) is 50.8 Å². The fourth-order valence-electron chi connectivity index (χ4n) is 3.94. The van der Waals surface area contributed by atoms with Crippen LogP contribution in [0.2, 0.25) is 5.02 Å². The first-order valence-corrected chi connectivity index (χ1v) is 13.1. The average Bonchev–Trinajstić information content (AvgIpc) is 3.44. The summed E-state index contributed by atoms with van der Waals surface area (Å²) in [5, 5.41) is 20.0. The average molecular weight is 549 g/mol.